The largest absolute Gasteiger partial charge is 0.381 e. The van der Waals surface area contributed by atoms with E-state index >= 15 is 0 Å². The van der Waals surface area contributed by atoms with Gasteiger partial charge in [0.1, 0.15) is 4.90 Å². The number of nitrogens with zero attached hydrogens (tertiary/aromatic N) is 2. The SMILES string of the molecule is Cn1cc(S(=O)(=O)NCCCC(N)=O)c(N)n1. The highest BCUT2D eigenvalue weighted by molar-refractivity contribution is 7.89. The fourth-order valence-corrected chi connectivity index (χ4v) is 2.41. The van der Waals surface area contributed by atoms with Crippen LogP contribution in [0, 0.1) is 0 Å². The van der Waals surface area contributed by atoms with E-state index in [1.165, 1.54) is 10.9 Å². The van der Waals surface area contributed by atoms with Gasteiger partial charge in [0.05, 0.1) is 0 Å². The van der Waals surface area contributed by atoms with Crippen LogP contribution in [0.3, 0.4) is 0 Å². The minimum atomic E-state index is -3.68. The maximum Gasteiger partial charge on any atom is 0.245 e. The minimum Gasteiger partial charge on any atom is -0.381 e. The average molecular weight is 261 g/mol. The average Bonchev–Trinajstić information content (AvgIpc) is 2.53. The predicted octanol–water partition coefficient (Wildman–Crippen LogP) is -1.45. The van der Waals surface area contributed by atoms with Gasteiger partial charge in [-0.25, -0.2) is 13.1 Å². The molecule has 9 heteroatoms. The molecule has 1 heterocycles. The highest BCUT2D eigenvalue weighted by Gasteiger charge is 2.19. The molecule has 0 fully saturated rings. The van der Waals surface area contributed by atoms with E-state index in [-0.39, 0.29) is 23.7 Å². The van der Waals surface area contributed by atoms with Crippen molar-refractivity contribution < 1.29 is 13.2 Å². The second kappa shape index (κ2) is 5.15. The molecule has 1 aromatic heterocycles. The fraction of sp³-hybridized carbons (Fsp3) is 0.500. The molecule has 0 aliphatic heterocycles. The molecule has 0 atom stereocenters. The van der Waals surface area contributed by atoms with Gasteiger partial charge in [-0.3, -0.25) is 9.48 Å². The number of carbonyl (C=O) groups excluding carboxylic acids is 1. The summed E-state index contributed by atoms with van der Waals surface area (Å²) in [6.45, 7) is 0.125. The second-order valence-corrected chi connectivity index (χ2v) is 5.26. The number of carbonyl (C=O) groups is 1. The Morgan fingerprint density at radius 2 is 2.24 bits per heavy atom. The summed E-state index contributed by atoms with van der Waals surface area (Å²) in [7, 11) is -2.11. The van der Waals surface area contributed by atoms with Crippen molar-refractivity contribution in [1.82, 2.24) is 14.5 Å². The van der Waals surface area contributed by atoms with Crippen LogP contribution in [0.1, 0.15) is 12.8 Å². The van der Waals surface area contributed by atoms with Crippen LogP contribution in [-0.4, -0.2) is 30.7 Å². The lowest BCUT2D eigenvalue weighted by Gasteiger charge is -2.04. The second-order valence-electron chi connectivity index (χ2n) is 3.52. The van der Waals surface area contributed by atoms with E-state index in [0.29, 0.717) is 6.42 Å². The summed E-state index contributed by atoms with van der Waals surface area (Å²) in [5, 5.41) is 3.73. The van der Waals surface area contributed by atoms with Crippen LogP contribution in [0.15, 0.2) is 11.1 Å². The normalized spacial score (nSPS) is 11.6. The first kappa shape index (κ1) is 13.5. The molecule has 5 N–H and O–H groups in total. The highest BCUT2D eigenvalue weighted by atomic mass is 32.2. The van der Waals surface area contributed by atoms with Crippen molar-refractivity contribution in [2.24, 2.45) is 12.8 Å². The van der Waals surface area contributed by atoms with Gasteiger partial charge in [0.15, 0.2) is 5.82 Å². The van der Waals surface area contributed by atoms with Gasteiger partial charge in [-0.05, 0) is 6.42 Å². The standard InChI is InChI=1S/C8H15N5O3S/c1-13-5-6(8(10)12-13)17(15,16)11-4-2-3-7(9)14/h5,11H,2-4H2,1H3,(H2,9,14)(H2,10,12). The van der Waals surface area contributed by atoms with Crippen molar-refractivity contribution in [3.05, 3.63) is 6.20 Å². The molecule has 0 aliphatic rings. The summed E-state index contributed by atoms with van der Waals surface area (Å²) in [6, 6.07) is 0. The third-order valence-electron chi connectivity index (χ3n) is 2.00. The fourth-order valence-electron chi connectivity index (χ4n) is 1.24. The molecule has 1 amide bonds. The van der Waals surface area contributed by atoms with Gasteiger partial charge in [-0.2, -0.15) is 5.10 Å². The van der Waals surface area contributed by atoms with Gasteiger partial charge >= 0.3 is 0 Å². The van der Waals surface area contributed by atoms with Crippen LogP contribution < -0.4 is 16.2 Å². The minimum absolute atomic E-state index is 0.0603. The number of nitrogen functional groups attached to an aromatic ring is 1. The number of rotatable bonds is 6. The van der Waals surface area contributed by atoms with Crippen molar-refractivity contribution in [3.63, 3.8) is 0 Å². The van der Waals surface area contributed by atoms with Crippen LogP contribution in [0.4, 0.5) is 5.82 Å². The van der Waals surface area contributed by atoms with Gasteiger partial charge in [-0.1, -0.05) is 0 Å². The summed E-state index contributed by atoms with van der Waals surface area (Å²) in [5.74, 6) is -0.528. The molecule has 0 aliphatic carbocycles. The number of hydrogen-bond acceptors (Lipinski definition) is 5. The van der Waals surface area contributed by atoms with E-state index < -0.39 is 15.9 Å². The molecule has 17 heavy (non-hydrogen) atoms. The van der Waals surface area contributed by atoms with Crippen LogP contribution in [-0.2, 0) is 21.9 Å². The van der Waals surface area contributed by atoms with E-state index in [0.717, 1.165) is 0 Å². The Balaban J connectivity index is 2.63. The Bertz CT molecular complexity index is 507. The van der Waals surface area contributed by atoms with E-state index in [4.69, 9.17) is 11.5 Å². The molecule has 1 aromatic rings. The Morgan fingerprint density at radius 3 is 2.71 bits per heavy atom. The highest BCUT2D eigenvalue weighted by Crippen LogP contribution is 2.14. The van der Waals surface area contributed by atoms with Crippen molar-refractivity contribution in [2.75, 3.05) is 12.3 Å². The first-order valence-corrected chi connectivity index (χ1v) is 6.38. The molecular weight excluding hydrogens is 246 g/mol. The van der Waals surface area contributed by atoms with Crippen molar-refractivity contribution in [1.29, 1.82) is 0 Å². The van der Waals surface area contributed by atoms with Gasteiger partial charge < -0.3 is 11.5 Å². The predicted molar refractivity (Wildman–Crippen MR) is 61.2 cm³/mol. The molecule has 1 rings (SSSR count). The smallest absolute Gasteiger partial charge is 0.245 e. The van der Waals surface area contributed by atoms with Crippen LogP contribution in [0.25, 0.3) is 0 Å². The number of nitrogens with two attached hydrogens (primary N) is 2. The van der Waals surface area contributed by atoms with Gasteiger partial charge in [0.2, 0.25) is 15.9 Å². The molecule has 0 spiro atoms. The lowest BCUT2D eigenvalue weighted by Crippen LogP contribution is -2.26. The van der Waals surface area contributed by atoms with Crippen molar-refractivity contribution >= 4 is 21.7 Å². The maximum atomic E-state index is 11.8. The Kier molecular flexibility index (Phi) is 4.07. The summed E-state index contributed by atoms with van der Waals surface area (Å²) in [6.07, 6.45) is 1.78. The number of amides is 1. The molecular formula is C8H15N5O3S. The first-order chi connectivity index (χ1) is 7.83. The Hall–Kier alpha value is -1.61. The maximum absolute atomic E-state index is 11.8. The number of hydrogen-bond donors (Lipinski definition) is 3. The summed E-state index contributed by atoms with van der Waals surface area (Å²) >= 11 is 0. The number of primary amides is 1. The molecule has 96 valence electrons. The third-order valence-corrected chi connectivity index (χ3v) is 3.48. The van der Waals surface area contributed by atoms with Crippen LogP contribution in [0.5, 0.6) is 0 Å². The summed E-state index contributed by atoms with van der Waals surface area (Å²) in [4.78, 5) is 10.4. The molecule has 0 unspecified atom stereocenters. The Morgan fingerprint density at radius 1 is 1.59 bits per heavy atom. The Labute approximate surface area is 99.0 Å². The molecule has 0 aromatic carbocycles. The molecule has 8 nitrogen and oxygen atoms in total. The number of aryl methyl sites for hydroxylation is 1. The summed E-state index contributed by atoms with van der Waals surface area (Å²) in [5.41, 5.74) is 10.4. The van der Waals surface area contributed by atoms with Gasteiger partial charge in [-0.15, -0.1) is 0 Å². The van der Waals surface area contributed by atoms with Gasteiger partial charge in [0.25, 0.3) is 0 Å². The monoisotopic (exact) mass is 261 g/mol. The zero-order chi connectivity index (χ0) is 13.1. The zero-order valence-corrected chi connectivity index (χ0v) is 10.2. The first-order valence-electron chi connectivity index (χ1n) is 4.90. The van der Waals surface area contributed by atoms with E-state index in [1.807, 2.05) is 0 Å². The summed E-state index contributed by atoms with van der Waals surface area (Å²) < 4.78 is 27.1. The van der Waals surface area contributed by atoms with E-state index in [2.05, 4.69) is 9.82 Å². The molecule has 0 bridgehead atoms. The quantitative estimate of drug-likeness (QED) is 0.538. The van der Waals surface area contributed by atoms with Crippen molar-refractivity contribution in [2.45, 2.75) is 17.7 Å². The molecule has 0 saturated carbocycles. The van der Waals surface area contributed by atoms with Crippen molar-refractivity contribution in [3.8, 4) is 0 Å². The van der Waals surface area contributed by atoms with Crippen LogP contribution >= 0.6 is 0 Å². The van der Waals surface area contributed by atoms with E-state index in [9.17, 15) is 13.2 Å². The third kappa shape index (κ3) is 3.71. The topological polar surface area (TPSA) is 133 Å². The number of nitrogens with one attached hydrogen (secondary N) is 1. The van der Waals surface area contributed by atoms with Gasteiger partial charge in [0, 0.05) is 26.2 Å². The number of aromatic nitrogens is 2. The molecule has 0 radical (unpaired) electrons. The number of anilines is 1. The van der Waals surface area contributed by atoms with Crippen LogP contribution in [0.2, 0.25) is 0 Å². The lowest BCUT2D eigenvalue weighted by molar-refractivity contribution is -0.118. The lowest BCUT2D eigenvalue weighted by atomic mass is 10.3. The zero-order valence-electron chi connectivity index (χ0n) is 9.38. The van der Waals surface area contributed by atoms with E-state index in [1.54, 1.807) is 7.05 Å². The molecule has 0 saturated heterocycles. The number of sulfonamides is 1.